The van der Waals surface area contributed by atoms with Crippen molar-refractivity contribution in [3.63, 3.8) is 0 Å². The fourth-order valence-electron chi connectivity index (χ4n) is 5.36. The van der Waals surface area contributed by atoms with Crippen LogP contribution < -0.4 is 10.6 Å². The molecule has 0 spiro atoms. The van der Waals surface area contributed by atoms with E-state index in [1.165, 1.54) is 12.0 Å². The van der Waals surface area contributed by atoms with Gasteiger partial charge in [0.05, 0.1) is 12.1 Å². The molecule has 2 fully saturated rings. The molecule has 1 aliphatic carbocycles. The number of benzene rings is 1. The molecule has 4 rings (SSSR count). The van der Waals surface area contributed by atoms with Crippen LogP contribution in [0.5, 0.6) is 0 Å². The zero-order valence-electron chi connectivity index (χ0n) is 20.7. The van der Waals surface area contributed by atoms with Gasteiger partial charge in [-0.25, -0.2) is 0 Å². The number of hydrogen-bond acceptors (Lipinski definition) is 4. The van der Waals surface area contributed by atoms with E-state index >= 15 is 0 Å². The molecule has 0 radical (unpaired) electrons. The first kappa shape index (κ1) is 24.4. The minimum absolute atomic E-state index is 0.00452. The standard InChI is InChI=1S/C28H38N4O2/c1-19-11-13-21(14-12-19)23-16-24(18-30-17-23)25-10-7-15-32(25)28(34)26(22-8-5-4-6-9-22)31-27(33)20(2)29-3/h11-14,16-18,20,22,25-26,29H,4-10,15H2,1-3H3,(H,31,33)/t20-,25-,26-/m0/s1. The fourth-order valence-corrected chi connectivity index (χ4v) is 5.36. The second-order valence-corrected chi connectivity index (χ2v) is 9.96. The van der Waals surface area contributed by atoms with Crippen LogP contribution in [0.1, 0.15) is 69.0 Å². The summed E-state index contributed by atoms with van der Waals surface area (Å²) in [7, 11) is 1.77. The van der Waals surface area contributed by atoms with Crippen molar-refractivity contribution in [1.82, 2.24) is 20.5 Å². The van der Waals surface area contributed by atoms with Crippen LogP contribution in [0.4, 0.5) is 0 Å². The number of rotatable bonds is 7. The van der Waals surface area contributed by atoms with Gasteiger partial charge in [-0.05, 0) is 69.7 Å². The van der Waals surface area contributed by atoms with Gasteiger partial charge in [0.2, 0.25) is 11.8 Å². The number of aryl methyl sites for hydroxylation is 1. The van der Waals surface area contributed by atoms with Gasteiger partial charge in [0, 0.05) is 24.5 Å². The Hall–Kier alpha value is -2.73. The molecule has 1 saturated carbocycles. The Balaban J connectivity index is 1.57. The van der Waals surface area contributed by atoms with E-state index in [0.29, 0.717) is 0 Å². The van der Waals surface area contributed by atoms with Gasteiger partial charge in [-0.1, -0.05) is 49.1 Å². The maximum absolute atomic E-state index is 13.9. The smallest absolute Gasteiger partial charge is 0.245 e. The van der Waals surface area contributed by atoms with Crippen LogP contribution in [0, 0.1) is 12.8 Å². The second-order valence-electron chi connectivity index (χ2n) is 9.96. The summed E-state index contributed by atoms with van der Waals surface area (Å²) in [5.74, 6) is 0.157. The van der Waals surface area contributed by atoms with E-state index in [-0.39, 0.29) is 29.8 Å². The lowest BCUT2D eigenvalue weighted by Crippen LogP contribution is -2.55. The van der Waals surface area contributed by atoms with Crippen LogP contribution >= 0.6 is 0 Å². The molecule has 182 valence electrons. The summed E-state index contributed by atoms with van der Waals surface area (Å²) in [5.41, 5.74) is 4.49. The molecule has 1 aromatic heterocycles. The van der Waals surface area contributed by atoms with Gasteiger partial charge in [-0.3, -0.25) is 14.6 Å². The highest BCUT2D eigenvalue weighted by molar-refractivity contribution is 5.90. The number of nitrogens with zero attached hydrogens (tertiary/aromatic N) is 2. The van der Waals surface area contributed by atoms with E-state index in [1.807, 2.05) is 24.2 Å². The molecule has 3 atom stereocenters. The Labute approximate surface area is 203 Å². The Kier molecular flexibility index (Phi) is 7.99. The Bertz CT molecular complexity index is 984. The van der Waals surface area contributed by atoms with Crippen molar-refractivity contribution in [2.24, 2.45) is 5.92 Å². The Morgan fingerprint density at radius 2 is 1.74 bits per heavy atom. The summed E-state index contributed by atoms with van der Waals surface area (Å²) in [6, 6.07) is 9.83. The van der Waals surface area contributed by atoms with Crippen molar-refractivity contribution in [2.45, 2.75) is 76.9 Å². The molecule has 1 saturated heterocycles. The predicted molar refractivity (Wildman–Crippen MR) is 135 cm³/mol. The van der Waals surface area contributed by atoms with Crippen molar-refractivity contribution >= 4 is 11.8 Å². The van der Waals surface area contributed by atoms with Gasteiger partial charge in [0.25, 0.3) is 0 Å². The molecule has 1 aliphatic heterocycles. The van der Waals surface area contributed by atoms with Gasteiger partial charge in [0.15, 0.2) is 0 Å². The van der Waals surface area contributed by atoms with Gasteiger partial charge >= 0.3 is 0 Å². The Morgan fingerprint density at radius 3 is 2.44 bits per heavy atom. The SMILES string of the molecule is CN[C@@H](C)C(=O)N[C@H](C(=O)N1CCC[C@H]1c1cncc(-c2ccc(C)cc2)c1)C1CCCCC1. The Morgan fingerprint density at radius 1 is 1.00 bits per heavy atom. The average Bonchev–Trinajstić information content (AvgIpc) is 3.37. The summed E-state index contributed by atoms with van der Waals surface area (Å²) in [6.45, 7) is 4.64. The summed E-state index contributed by atoms with van der Waals surface area (Å²) in [6.07, 6.45) is 11.1. The highest BCUT2D eigenvalue weighted by Crippen LogP contribution is 2.36. The van der Waals surface area contributed by atoms with Crippen LogP contribution in [-0.4, -0.2) is 47.4 Å². The van der Waals surface area contributed by atoms with Crippen molar-refractivity contribution in [3.05, 3.63) is 53.9 Å². The highest BCUT2D eigenvalue weighted by Gasteiger charge is 2.39. The number of aromatic nitrogens is 1. The lowest BCUT2D eigenvalue weighted by molar-refractivity contribution is -0.139. The number of hydrogen-bond donors (Lipinski definition) is 2. The average molecular weight is 463 g/mol. The molecule has 0 unspecified atom stereocenters. The molecule has 2 amide bonds. The zero-order chi connectivity index (χ0) is 24.1. The monoisotopic (exact) mass is 462 g/mol. The summed E-state index contributed by atoms with van der Waals surface area (Å²) in [4.78, 5) is 33.2. The van der Waals surface area contributed by atoms with Crippen LogP contribution in [0.3, 0.4) is 0 Å². The highest BCUT2D eigenvalue weighted by atomic mass is 16.2. The molecule has 2 heterocycles. The van der Waals surface area contributed by atoms with E-state index < -0.39 is 6.04 Å². The normalized spacial score (nSPS) is 20.7. The van der Waals surface area contributed by atoms with Crippen LogP contribution in [0.2, 0.25) is 0 Å². The maximum atomic E-state index is 13.9. The number of carbonyl (C=O) groups is 2. The van der Waals surface area contributed by atoms with Crippen molar-refractivity contribution in [3.8, 4) is 11.1 Å². The first-order valence-corrected chi connectivity index (χ1v) is 12.8. The van der Waals surface area contributed by atoms with Gasteiger partial charge < -0.3 is 15.5 Å². The van der Waals surface area contributed by atoms with Gasteiger partial charge in [-0.15, -0.1) is 0 Å². The molecule has 6 nitrogen and oxygen atoms in total. The van der Waals surface area contributed by atoms with Crippen molar-refractivity contribution < 1.29 is 9.59 Å². The summed E-state index contributed by atoms with van der Waals surface area (Å²) < 4.78 is 0. The van der Waals surface area contributed by atoms with Crippen LogP contribution in [-0.2, 0) is 9.59 Å². The van der Waals surface area contributed by atoms with E-state index in [1.54, 1.807) is 7.05 Å². The summed E-state index contributed by atoms with van der Waals surface area (Å²) in [5, 5.41) is 6.12. The van der Waals surface area contributed by atoms with E-state index in [9.17, 15) is 9.59 Å². The third kappa shape index (κ3) is 5.49. The minimum atomic E-state index is -0.461. The lowest BCUT2D eigenvalue weighted by atomic mass is 9.83. The number of nitrogens with one attached hydrogen (secondary N) is 2. The number of likely N-dealkylation sites (tertiary alicyclic amines) is 1. The summed E-state index contributed by atoms with van der Waals surface area (Å²) >= 11 is 0. The molecular formula is C28H38N4O2. The number of amides is 2. The van der Waals surface area contributed by atoms with E-state index in [2.05, 4.69) is 52.9 Å². The van der Waals surface area contributed by atoms with Gasteiger partial charge in [0.1, 0.15) is 6.04 Å². The largest absolute Gasteiger partial charge is 0.343 e. The maximum Gasteiger partial charge on any atom is 0.245 e. The quantitative estimate of drug-likeness (QED) is 0.640. The number of carbonyl (C=O) groups excluding carboxylic acids is 2. The molecule has 6 heteroatoms. The van der Waals surface area contributed by atoms with Crippen molar-refractivity contribution in [2.75, 3.05) is 13.6 Å². The zero-order valence-corrected chi connectivity index (χ0v) is 20.7. The first-order chi connectivity index (χ1) is 16.5. The predicted octanol–water partition coefficient (Wildman–Crippen LogP) is 4.39. The van der Waals surface area contributed by atoms with Crippen molar-refractivity contribution in [1.29, 1.82) is 0 Å². The fraction of sp³-hybridized carbons (Fsp3) is 0.536. The lowest BCUT2D eigenvalue weighted by Gasteiger charge is -2.35. The van der Waals surface area contributed by atoms with E-state index in [4.69, 9.17) is 0 Å². The molecule has 2 aliphatic rings. The molecule has 2 N–H and O–H groups in total. The molecule has 1 aromatic carbocycles. The molecule has 34 heavy (non-hydrogen) atoms. The van der Waals surface area contributed by atoms with Gasteiger partial charge in [-0.2, -0.15) is 0 Å². The first-order valence-electron chi connectivity index (χ1n) is 12.8. The molecular weight excluding hydrogens is 424 g/mol. The second kappa shape index (κ2) is 11.1. The van der Waals surface area contributed by atoms with Crippen LogP contribution in [0.25, 0.3) is 11.1 Å². The molecule has 0 bridgehead atoms. The third-order valence-electron chi connectivity index (χ3n) is 7.58. The van der Waals surface area contributed by atoms with Crippen LogP contribution in [0.15, 0.2) is 42.7 Å². The number of pyridine rings is 1. The third-order valence-corrected chi connectivity index (χ3v) is 7.58. The minimum Gasteiger partial charge on any atom is -0.343 e. The van der Waals surface area contributed by atoms with E-state index in [0.717, 1.165) is 61.8 Å². The topological polar surface area (TPSA) is 74.3 Å². The number of likely N-dealkylation sites (N-methyl/N-ethyl adjacent to an activating group) is 1. The molecule has 2 aromatic rings.